The lowest BCUT2D eigenvalue weighted by atomic mass is 10.1. The maximum absolute atomic E-state index is 12.6. The lowest BCUT2D eigenvalue weighted by molar-refractivity contribution is -0.119. The summed E-state index contributed by atoms with van der Waals surface area (Å²) >= 11 is 6.22. The quantitative estimate of drug-likeness (QED) is 0.513. The second-order valence-corrected chi connectivity index (χ2v) is 8.43. The van der Waals surface area contributed by atoms with Gasteiger partial charge in [-0.3, -0.25) is 14.5 Å². The van der Waals surface area contributed by atoms with E-state index >= 15 is 0 Å². The number of carbonyl (C=O) groups is 2. The highest BCUT2D eigenvalue weighted by molar-refractivity contribution is 6.32. The number of piperazine rings is 1. The molecule has 0 atom stereocenters. The number of aryl methyl sites for hydroxylation is 1. The van der Waals surface area contributed by atoms with E-state index in [2.05, 4.69) is 46.3 Å². The number of benzene rings is 2. The molecule has 33 heavy (non-hydrogen) atoms. The number of carbonyl (C=O) groups excluding carboxylic acids is 2. The molecule has 0 spiro atoms. The Morgan fingerprint density at radius 2 is 1.91 bits per heavy atom. The van der Waals surface area contributed by atoms with Crippen molar-refractivity contribution in [1.29, 1.82) is 0 Å². The minimum Gasteiger partial charge on any atom is -0.493 e. The van der Waals surface area contributed by atoms with Crippen molar-refractivity contribution in [2.24, 2.45) is 5.73 Å². The Labute approximate surface area is 199 Å². The van der Waals surface area contributed by atoms with Crippen LogP contribution in [0, 0.1) is 6.92 Å². The predicted octanol–water partition coefficient (Wildman–Crippen LogP) is 2.46. The highest BCUT2D eigenvalue weighted by Gasteiger charge is 2.18. The van der Waals surface area contributed by atoms with Crippen molar-refractivity contribution in [1.82, 2.24) is 10.2 Å². The topological polar surface area (TPSA) is 97.1 Å². The van der Waals surface area contributed by atoms with E-state index in [0.717, 1.165) is 39.1 Å². The summed E-state index contributed by atoms with van der Waals surface area (Å²) in [6.45, 7) is 7.26. The van der Waals surface area contributed by atoms with Crippen molar-refractivity contribution in [2.75, 3.05) is 57.9 Å². The molecule has 9 heteroatoms. The summed E-state index contributed by atoms with van der Waals surface area (Å²) in [5.74, 6) is -0.438. The van der Waals surface area contributed by atoms with Gasteiger partial charge in [0.25, 0.3) is 11.8 Å². The smallest absolute Gasteiger partial charge is 0.255 e. The molecule has 2 aromatic carbocycles. The number of nitrogens with zero attached hydrogens (tertiary/aromatic N) is 2. The number of halogens is 1. The zero-order valence-corrected chi connectivity index (χ0v) is 19.9. The molecule has 1 aliphatic rings. The van der Waals surface area contributed by atoms with Gasteiger partial charge in [0, 0.05) is 44.0 Å². The number of hydrogen-bond acceptors (Lipinski definition) is 6. The van der Waals surface area contributed by atoms with Crippen LogP contribution in [-0.4, -0.2) is 69.7 Å². The van der Waals surface area contributed by atoms with Crippen molar-refractivity contribution in [3.05, 3.63) is 52.5 Å². The van der Waals surface area contributed by atoms with E-state index < -0.39 is 5.91 Å². The summed E-state index contributed by atoms with van der Waals surface area (Å²) in [6, 6.07) is 11.6. The van der Waals surface area contributed by atoms with E-state index in [0.29, 0.717) is 12.1 Å². The second-order valence-electron chi connectivity index (χ2n) is 8.02. The van der Waals surface area contributed by atoms with Crippen molar-refractivity contribution < 1.29 is 19.1 Å². The molecule has 1 fully saturated rings. The van der Waals surface area contributed by atoms with Crippen molar-refractivity contribution in [3.63, 3.8) is 0 Å². The molecule has 0 saturated carbocycles. The molecule has 1 aliphatic heterocycles. The normalized spacial score (nSPS) is 14.1. The van der Waals surface area contributed by atoms with Crippen molar-refractivity contribution >= 4 is 29.1 Å². The fraction of sp³-hybridized carbons (Fsp3) is 0.417. The Morgan fingerprint density at radius 1 is 1.15 bits per heavy atom. The maximum atomic E-state index is 12.6. The van der Waals surface area contributed by atoms with E-state index in [1.54, 1.807) is 0 Å². The lowest BCUT2D eigenvalue weighted by Crippen LogP contribution is -2.47. The molecule has 3 N–H and O–H groups in total. The first-order valence-electron chi connectivity index (χ1n) is 11.0. The average molecular weight is 475 g/mol. The number of nitrogens with one attached hydrogen (secondary N) is 1. The number of primary amides is 1. The van der Waals surface area contributed by atoms with E-state index in [1.807, 2.05) is 0 Å². The molecule has 0 aliphatic carbocycles. The monoisotopic (exact) mass is 474 g/mol. The third-order valence-corrected chi connectivity index (χ3v) is 5.81. The van der Waals surface area contributed by atoms with Crippen LogP contribution in [0.15, 0.2) is 36.4 Å². The number of hydrogen-bond donors (Lipinski definition) is 2. The highest BCUT2D eigenvalue weighted by Crippen LogP contribution is 2.36. The molecule has 0 bridgehead atoms. The predicted molar refractivity (Wildman–Crippen MR) is 129 cm³/mol. The summed E-state index contributed by atoms with van der Waals surface area (Å²) in [6.07, 6.45) is 0.848. The molecule has 0 radical (unpaired) electrons. The molecule has 1 heterocycles. The maximum Gasteiger partial charge on any atom is 0.255 e. The fourth-order valence-corrected chi connectivity index (χ4v) is 4.06. The number of anilines is 1. The first kappa shape index (κ1) is 24.7. The average Bonchev–Trinajstić information content (AvgIpc) is 2.80. The molecule has 8 nitrogen and oxygen atoms in total. The van der Waals surface area contributed by atoms with Gasteiger partial charge in [-0.2, -0.15) is 0 Å². The molecule has 1 saturated heterocycles. The first-order valence-corrected chi connectivity index (χ1v) is 11.4. The Kier molecular flexibility index (Phi) is 8.79. The minimum absolute atomic E-state index is 0.173. The Hall–Kier alpha value is -2.97. The van der Waals surface area contributed by atoms with E-state index in [-0.39, 0.29) is 29.0 Å². The molecular weight excluding hydrogens is 444 g/mol. The largest absolute Gasteiger partial charge is 0.493 e. The number of nitrogens with two attached hydrogens (primary N) is 1. The van der Waals surface area contributed by atoms with Gasteiger partial charge in [0.2, 0.25) is 0 Å². The summed E-state index contributed by atoms with van der Waals surface area (Å²) in [4.78, 5) is 28.4. The summed E-state index contributed by atoms with van der Waals surface area (Å²) in [5, 5.41) is 3.10. The van der Waals surface area contributed by atoms with Crippen LogP contribution in [0.1, 0.15) is 22.3 Å². The zero-order valence-electron chi connectivity index (χ0n) is 19.1. The van der Waals surface area contributed by atoms with Crippen molar-refractivity contribution in [2.45, 2.75) is 13.3 Å². The first-order chi connectivity index (χ1) is 15.9. The fourth-order valence-electron chi connectivity index (χ4n) is 3.80. The van der Waals surface area contributed by atoms with Gasteiger partial charge in [-0.15, -0.1) is 0 Å². The summed E-state index contributed by atoms with van der Waals surface area (Å²) in [5.41, 5.74) is 8.01. The number of methoxy groups -OCH3 is 1. The Bertz CT molecular complexity index is 977. The van der Waals surface area contributed by atoms with Crippen LogP contribution in [0.5, 0.6) is 11.5 Å². The van der Waals surface area contributed by atoms with E-state index in [9.17, 15) is 9.59 Å². The highest BCUT2D eigenvalue weighted by atomic mass is 35.5. The Balaban J connectivity index is 1.43. The van der Waals surface area contributed by atoms with Gasteiger partial charge in [0.1, 0.15) is 0 Å². The van der Waals surface area contributed by atoms with Crippen LogP contribution in [-0.2, 0) is 4.79 Å². The third-order valence-electron chi connectivity index (χ3n) is 5.53. The lowest BCUT2D eigenvalue weighted by Gasteiger charge is -2.36. The SMILES string of the molecule is COc1cc(C(=O)NCCCN2CCN(c3cccc(C)c3)CC2)cc(Cl)c1OCC(N)=O. The second kappa shape index (κ2) is 11.8. The minimum atomic E-state index is -0.633. The van der Waals surface area contributed by atoms with Crippen LogP contribution in [0.25, 0.3) is 0 Å². The zero-order chi connectivity index (χ0) is 23.8. The van der Waals surface area contributed by atoms with Gasteiger partial charge in [-0.1, -0.05) is 23.7 Å². The van der Waals surface area contributed by atoms with Crippen LogP contribution >= 0.6 is 11.6 Å². The molecular formula is C24H31ClN4O4. The molecule has 0 unspecified atom stereocenters. The van der Waals surface area contributed by atoms with Crippen molar-refractivity contribution in [3.8, 4) is 11.5 Å². The molecule has 2 amide bonds. The standard InChI is InChI=1S/C24H31ClN4O4/c1-17-5-3-6-19(13-17)29-11-9-28(10-12-29)8-4-7-27-24(31)18-14-20(25)23(21(15-18)32-2)33-16-22(26)30/h3,5-6,13-15H,4,7-12,16H2,1-2H3,(H2,26,30)(H,27,31). The Morgan fingerprint density at radius 3 is 2.58 bits per heavy atom. The molecule has 3 rings (SSSR count). The van der Waals surface area contributed by atoms with Crippen LogP contribution < -0.4 is 25.4 Å². The molecule has 0 aromatic heterocycles. The van der Waals surface area contributed by atoms with Gasteiger partial charge in [0.05, 0.1) is 12.1 Å². The van der Waals surface area contributed by atoms with Gasteiger partial charge >= 0.3 is 0 Å². The van der Waals surface area contributed by atoms with Gasteiger partial charge in [-0.25, -0.2) is 0 Å². The van der Waals surface area contributed by atoms with Gasteiger partial charge in [-0.05, 0) is 49.7 Å². The van der Waals surface area contributed by atoms with Crippen LogP contribution in [0.3, 0.4) is 0 Å². The molecule has 2 aromatic rings. The van der Waals surface area contributed by atoms with Crippen LogP contribution in [0.2, 0.25) is 5.02 Å². The molecule has 178 valence electrons. The van der Waals surface area contributed by atoms with Gasteiger partial charge < -0.3 is 25.4 Å². The van der Waals surface area contributed by atoms with Crippen LogP contribution in [0.4, 0.5) is 5.69 Å². The summed E-state index contributed by atoms with van der Waals surface area (Å²) < 4.78 is 10.5. The van der Waals surface area contributed by atoms with E-state index in [4.69, 9.17) is 26.8 Å². The number of amides is 2. The third kappa shape index (κ3) is 7.00. The van der Waals surface area contributed by atoms with Gasteiger partial charge in [0.15, 0.2) is 18.1 Å². The van der Waals surface area contributed by atoms with E-state index in [1.165, 1.54) is 30.5 Å². The number of ether oxygens (including phenoxy) is 2. The summed E-state index contributed by atoms with van der Waals surface area (Å²) in [7, 11) is 1.43. The number of rotatable bonds is 10.